The van der Waals surface area contributed by atoms with Crippen LogP contribution in [0.4, 0.5) is 11.6 Å². The number of nitrogens with zero attached hydrogens (tertiary/aromatic N) is 6. The second-order valence-corrected chi connectivity index (χ2v) is 6.90. The Morgan fingerprint density at radius 3 is 2.07 bits per heavy atom. The molecule has 0 aliphatic carbocycles. The molecule has 0 bridgehead atoms. The van der Waals surface area contributed by atoms with Crippen LogP contribution in [0, 0.1) is 11.3 Å². The smallest absolute Gasteiger partial charge is 0.253 e. The third kappa shape index (κ3) is 3.70. The minimum absolute atomic E-state index is 0.0135. The Morgan fingerprint density at radius 2 is 1.48 bits per heavy atom. The van der Waals surface area contributed by atoms with Gasteiger partial charge in [0.05, 0.1) is 11.6 Å². The molecule has 2 fully saturated rings. The Kier molecular flexibility index (Phi) is 4.88. The summed E-state index contributed by atoms with van der Waals surface area (Å²) in [6, 6.07) is 10.9. The average Bonchev–Trinajstić information content (AvgIpc) is 3.29. The molecule has 7 nitrogen and oxygen atoms in total. The van der Waals surface area contributed by atoms with Crippen molar-refractivity contribution in [1.29, 1.82) is 5.26 Å². The van der Waals surface area contributed by atoms with Crippen LogP contribution < -0.4 is 9.80 Å². The number of aromatic nitrogens is 2. The monoisotopic (exact) mass is 362 g/mol. The minimum Gasteiger partial charge on any atom is -0.356 e. The molecule has 2 aliphatic heterocycles. The third-order valence-electron chi connectivity index (χ3n) is 5.22. The molecule has 0 saturated carbocycles. The number of benzene rings is 1. The van der Waals surface area contributed by atoms with E-state index in [2.05, 4.69) is 31.9 Å². The van der Waals surface area contributed by atoms with Gasteiger partial charge in [0.1, 0.15) is 18.0 Å². The van der Waals surface area contributed by atoms with E-state index in [1.807, 2.05) is 4.90 Å². The molecule has 1 aromatic heterocycles. The molecule has 2 aromatic rings. The topological polar surface area (TPSA) is 76.4 Å². The molecular weight excluding hydrogens is 340 g/mol. The lowest BCUT2D eigenvalue weighted by Crippen LogP contribution is -2.49. The van der Waals surface area contributed by atoms with E-state index < -0.39 is 0 Å². The van der Waals surface area contributed by atoms with Gasteiger partial charge in [-0.05, 0) is 37.1 Å². The number of carbonyl (C=O) groups is 1. The highest BCUT2D eigenvalue weighted by atomic mass is 16.2. The largest absolute Gasteiger partial charge is 0.356 e. The number of hydrogen-bond donors (Lipinski definition) is 0. The van der Waals surface area contributed by atoms with E-state index in [0.717, 1.165) is 37.8 Å². The van der Waals surface area contributed by atoms with Crippen LogP contribution in [0.2, 0.25) is 0 Å². The fourth-order valence-electron chi connectivity index (χ4n) is 3.64. The van der Waals surface area contributed by atoms with Crippen molar-refractivity contribution in [3.05, 3.63) is 47.8 Å². The van der Waals surface area contributed by atoms with Crippen molar-refractivity contribution in [3.8, 4) is 6.07 Å². The minimum atomic E-state index is 0.0135. The van der Waals surface area contributed by atoms with Crippen LogP contribution in [0.1, 0.15) is 28.8 Å². The molecule has 0 atom stereocenters. The van der Waals surface area contributed by atoms with Crippen LogP contribution in [0.25, 0.3) is 0 Å². The number of nitriles is 1. The molecule has 1 amide bonds. The van der Waals surface area contributed by atoms with Gasteiger partial charge < -0.3 is 14.7 Å². The van der Waals surface area contributed by atoms with Gasteiger partial charge in [0.2, 0.25) is 0 Å². The van der Waals surface area contributed by atoms with Gasteiger partial charge in [-0.15, -0.1) is 0 Å². The summed E-state index contributed by atoms with van der Waals surface area (Å²) in [6.07, 6.45) is 4.07. The van der Waals surface area contributed by atoms with Crippen LogP contribution in [-0.2, 0) is 0 Å². The highest BCUT2D eigenvalue weighted by Gasteiger charge is 2.24. The molecular formula is C20H22N6O. The van der Waals surface area contributed by atoms with E-state index in [1.54, 1.807) is 30.6 Å². The van der Waals surface area contributed by atoms with Crippen molar-refractivity contribution in [3.63, 3.8) is 0 Å². The maximum Gasteiger partial charge on any atom is 0.253 e. The van der Waals surface area contributed by atoms with E-state index in [-0.39, 0.29) is 5.91 Å². The SMILES string of the molecule is N#Cc1ccc(C(=O)N2CCN(c3cc(N4CCCC4)ncn3)CC2)cc1. The molecule has 0 radical (unpaired) electrons. The van der Waals surface area contributed by atoms with Crippen molar-refractivity contribution >= 4 is 17.5 Å². The Morgan fingerprint density at radius 1 is 0.889 bits per heavy atom. The van der Waals surface area contributed by atoms with E-state index in [0.29, 0.717) is 24.2 Å². The van der Waals surface area contributed by atoms with E-state index in [1.165, 1.54) is 12.8 Å². The Balaban J connectivity index is 1.39. The zero-order valence-corrected chi connectivity index (χ0v) is 15.2. The predicted molar refractivity (Wildman–Crippen MR) is 103 cm³/mol. The molecule has 138 valence electrons. The summed E-state index contributed by atoms with van der Waals surface area (Å²) in [6.45, 7) is 4.92. The Labute approximate surface area is 158 Å². The van der Waals surface area contributed by atoms with Gasteiger partial charge in [-0.25, -0.2) is 9.97 Å². The van der Waals surface area contributed by atoms with Crippen molar-refractivity contribution in [1.82, 2.24) is 14.9 Å². The Hall–Kier alpha value is -3.14. The van der Waals surface area contributed by atoms with Crippen LogP contribution in [-0.4, -0.2) is 60.0 Å². The number of amides is 1. The van der Waals surface area contributed by atoms with Gasteiger partial charge in [0, 0.05) is 50.9 Å². The molecule has 27 heavy (non-hydrogen) atoms. The van der Waals surface area contributed by atoms with Crippen molar-refractivity contribution in [2.24, 2.45) is 0 Å². The van der Waals surface area contributed by atoms with E-state index in [9.17, 15) is 4.79 Å². The first-order chi connectivity index (χ1) is 13.2. The summed E-state index contributed by atoms with van der Waals surface area (Å²) in [5, 5.41) is 8.88. The first-order valence-corrected chi connectivity index (χ1v) is 9.36. The van der Waals surface area contributed by atoms with Crippen molar-refractivity contribution < 1.29 is 4.79 Å². The molecule has 7 heteroatoms. The first-order valence-electron chi connectivity index (χ1n) is 9.36. The lowest BCUT2D eigenvalue weighted by Gasteiger charge is -2.35. The number of piperazine rings is 1. The summed E-state index contributed by atoms with van der Waals surface area (Å²) >= 11 is 0. The van der Waals surface area contributed by atoms with Crippen LogP contribution in [0.5, 0.6) is 0 Å². The lowest BCUT2D eigenvalue weighted by molar-refractivity contribution is 0.0746. The first kappa shape index (κ1) is 17.3. The summed E-state index contributed by atoms with van der Waals surface area (Å²) in [7, 11) is 0. The fourth-order valence-corrected chi connectivity index (χ4v) is 3.64. The number of anilines is 2. The van der Waals surface area contributed by atoms with Crippen LogP contribution >= 0.6 is 0 Å². The summed E-state index contributed by atoms with van der Waals surface area (Å²) in [4.78, 5) is 27.9. The predicted octanol–water partition coefficient (Wildman–Crippen LogP) is 1.91. The fraction of sp³-hybridized carbons (Fsp3) is 0.400. The number of carbonyl (C=O) groups excluding carboxylic acids is 1. The van der Waals surface area contributed by atoms with E-state index >= 15 is 0 Å². The summed E-state index contributed by atoms with van der Waals surface area (Å²) < 4.78 is 0. The maximum absolute atomic E-state index is 12.7. The average molecular weight is 362 g/mol. The molecule has 2 aliphatic rings. The standard InChI is InChI=1S/C20H22N6O/c21-14-16-3-5-17(6-4-16)20(27)26-11-9-25(10-12-26)19-13-18(22-15-23-19)24-7-1-2-8-24/h3-6,13,15H,1-2,7-12H2. The maximum atomic E-state index is 12.7. The molecule has 1 aromatic carbocycles. The van der Waals surface area contributed by atoms with Crippen LogP contribution in [0.15, 0.2) is 36.7 Å². The van der Waals surface area contributed by atoms with Gasteiger partial charge in [0.15, 0.2) is 0 Å². The zero-order valence-electron chi connectivity index (χ0n) is 15.2. The molecule has 4 rings (SSSR count). The highest BCUT2D eigenvalue weighted by molar-refractivity contribution is 5.94. The molecule has 2 saturated heterocycles. The Bertz CT molecular complexity index is 846. The zero-order chi connectivity index (χ0) is 18.6. The van der Waals surface area contributed by atoms with Gasteiger partial charge in [0.25, 0.3) is 5.91 Å². The molecule has 0 spiro atoms. The van der Waals surface area contributed by atoms with E-state index in [4.69, 9.17) is 5.26 Å². The van der Waals surface area contributed by atoms with Crippen molar-refractivity contribution in [2.75, 3.05) is 49.1 Å². The quantitative estimate of drug-likeness (QED) is 0.830. The molecule has 0 N–H and O–H groups in total. The molecule has 3 heterocycles. The van der Waals surface area contributed by atoms with Gasteiger partial charge in [-0.2, -0.15) is 5.26 Å². The molecule has 0 unspecified atom stereocenters. The third-order valence-corrected chi connectivity index (χ3v) is 5.22. The highest BCUT2D eigenvalue weighted by Crippen LogP contribution is 2.22. The second-order valence-electron chi connectivity index (χ2n) is 6.90. The van der Waals surface area contributed by atoms with Gasteiger partial charge >= 0.3 is 0 Å². The normalized spacial score (nSPS) is 17.1. The van der Waals surface area contributed by atoms with Crippen molar-refractivity contribution in [2.45, 2.75) is 12.8 Å². The number of rotatable bonds is 3. The van der Waals surface area contributed by atoms with Gasteiger partial charge in [-0.3, -0.25) is 4.79 Å². The van der Waals surface area contributed by atoms with Gasteiger partial charge in [-0.1, -0.05) is 0 Å². The summed E-state index contributed by atoms with van der Waals surface area (Å²) in [5.41, 5.74) is 1.19. The second kappa shape index (κ2) is 7.62. The summed E-state index contributed by atoms with van der Waals surface area (Å²) in [5.74, 6) is 1.94. The van der Waals surface area contributed by atoms with Crippen LogP contribution in [0.3, 0.4) is 0 Å². The number of hydrogen-bond acceptors (Lipinski definition) is 6. The lowest BCUT2D eigenvalue weighted by atomic mass is 10.1.